The number of fused-ring (bicyclic) bond motifs is 1. The van der Waals surface area contributed by atoms with E-state index in [0.29, 0.717) is 18.7 Å². The zero-order valence-corrected chi connectivity index (χ0v) is 17.8. The van der Waals surface area contributed by atoms with Crippen molar-refractivity contribution in [2.75, 3.05) is 49.1 Å². The number of anilines is 2. The summed E-state index contributed by atoms with van der Waals surface area (Å²) in [5, 5.41) is 8.95. The number of piperazine rings is 1. The van der Waals surface area contributed by atoms with E-state index in [1.807, 2.05) is 23.1 Å². The molecule has 2 aromatic heterocycles. The molecule has 31 heavy (non-hydrogen) atoms. The first-order valence-electron chi connectivity index (χ1n) is 11.0. The molecule has 1 amide bonds. The second-order valence-corrected chi connectivity index (χ2v) is 8.46. The molecular weight excluding hydrogens is 390 g/mol. The van der Waals surface area contributed by atoms with Crippen molar-refractivity contribution in [3.63, 3.8) is 0 Å². The lowest BCUT2D eigenvalue weighted by Crippen LogP contribution is -2.49. The van der Waals surface area contributed by atoms with Crippen LogP contribution in [0.25, 0.3) is 11.0 Å². The average Bonchev–Trinajstić information content (AvgIpc) is 2.84. The van der Waals surface area contributed by atoms with Gasteiger partial charge in [0.25, 0.3) is 5.91 Å². The average molecular weight is 418 g/mol. The van der Waals surface area contributed by atoms with Crippen molar-refractivity contribution in [2.24, 2.45) is 5.92 Å². The van der Waals surface area contributed by atoms with Crippen LogP contribution in [0.2, 0.25) is 0 Å². The molecule has 5 rings (SSSR count). The molecule has 8 nitrogen and oxygen atoms in total. The molecule has 1 aromatic carbocycles. The fourth-order valence-electron chi connectivity index (χ4n) is 4.31. The first kappa shape index (κ1) is 19.7. The third kappa shape index (κ3) is 4.15. The Morgan fingerprint density at radius 2 is 1.42 bits per heavy atom. The van der Waals surface area contributed by atoms with E-state index in [1.165, 1.54) is 12.8 Å². The molecule has 4 heterocycles. The van der Waals surface area contributed by atoms with Gasteiger partial charge in [-0.25, -0.2) is 0 Å². The molecule has 2 aliphatic heterocycles. The molecule has 2 saturated heterocycles. The minimum Gasteiger partial charge on any atom is -0.355 e. The zero-order chi connectivity index (χ0) is 21.2. The van der Waals surface area contributed by atoms with Gasteiger partial charge in [0.15, 0.2) is 11.6 Å². The number of amides is 1. The van der Waals surface area contributed by atoms with Crippen LogP contribution in [0, 0.1) is 5.92 Å². The molecule has 8 heteroatoms. The predicted molar refractivity (Wildman–Crippen MR) is 120 cm³/mol. The Bertz CT molecular complexity index is 1050. The quantitative estimate of drug-likeness (QED) is 0.648. The maximum Gasteiger partial charge on any atom is 0.254 e. The fourth-order valence-corrected chi connectivity index (χ4v) is 4.31. The van der Waals surface area contributed by atoms with E-state index in [9.17, 15) is 4.79 Å². The van der Waals surface area contributed by atoms with E-state index in [4.69, 9.17) is 0 Å². The van der Waals surface area contributed by atoms with Gasteiger partial charge < -0.3 is 14.7 Å². The standard InChI is InChI=1S/C23H27N7O/c1-17-6-10-28(11-7-17)21-4-5-22(27-26-21)29-12-14-30(15-13-29)23(31)18-2-3-19-20(16-18)25-9-8-24-19/h2-5,8-9,16-17H,6-7,10-15H2,1H3. The number of hydrogen-bond acceptors (Lipinski definition) is 7. The summed E-state index contributed by atoms with van der Waals surface area (Å²) in [5.41, 5.74) is 2.19. The molecule has 0 N–H and O–H groups in total. The van der Waals surface area contributed by atoms with Gasteiger partial charge in [0, 0.05) is 57.2 Å². The predicted octanol–water partition coefficient (Wildman–Crippen LogP) is 2.62. The zero-order valence-electron chi connectivity index (χ0n) is 17.8. The van der Waals surface area contributed by atoms with E-state index in [-0.39, 0.29) is 5.91 Å². The first-order valence-corrected chi connectivity index (χ1v) is 11.0. The molecular formula is C23H27N7O. The van der Waals surface area contributed by atoms with Crippen molar-refractivity contribution in [1.29, 1.82) is 0 Å². The summed E-state index contributed by atoms with van der Waals surface area (Å²) in [7, 11) is 0. The Balaban J connectivity index is 1.20. The van der Waals surface area contributed by atoms with E-state index in [1.54, 1.807) is 12.4 Å². The minimum atomic E-state index is 0.0352. The highest BCUT2D eigenvalue weighted by molar-refractivity contribution is 5.97. The van der Waals surface area contributed by atoms with Crippen LogP contribution in [-0.2, 0) is 0 Å². The van der Waals surface area contributed by atoms with Crippen molar-refractivity contribution in [1.82, 2.24) is 25.1 Å². The van der Waals surface area contributed by atoms with Gasteiger partial charge in [-0.2, -0.15) is 0 Å². The highest BCUT2D eigenvalue weighted by Gasteiger charge is 2.24. The summed E-state index contributed by atoms with van der Waals surface area (Å²) < 4.78 is 0. The molecule has 3 aromatic rings. The summed E-state index contributed by atoms with van der Waals surface area (Å²) in [5.74, 6) is 2.67. The Morgan fingerprint density at radius 1 is 0.806 bits per heavy atom. The van der Waals surface area contributed by atoms with Gasteiger partial charge in [0.05, 0.1) is 11.0 Å². The lowest BCUT2D eigenvalue weighted by Gasteiger charge is -2.35. The topological polar surface area (TPSA) is 78.4 Å². The maximum absolute atomic E-state index is 13.0. The van der Waals surface area contributed by atoms with Gasteiger partial charge in [-0.3, -0.25) is 14.8 Å². The highest BCUT2D eigenvalue weighted by atomic mass is 16.2. The van der Waals surface area contributed by atoms with Crippen LogP contribution < -0.4 is 9.80 Å². The minimum absolute atomic E-state index is 0.0352. The highest BCUT2D eigenvalue weighted by Crippen LogP contribution is 2.23. The number of carbonyl (C=O) groups is 1. The lowest BCUT2D eigenvalue weighted by atomic mass is 9.99. The number of carbonyl (C=O) groups excluding carboxylic acids is 1. The second-order valence-electron chi connectivity index (χ2n) is 8.46. The molecule has 0 aliphatic carbocycles. The molecule has 0 radical (unpaired) electrons. The summed E-state index contributed by atoms with van der Waals surface area (Å²) in [6.45, 7) is 7.22. The van der Waals surface area contributed by atoms with Crippen molar-refractivity contribution < 1.29 is 4.79 Å². The van der Waals surface area contributed by atoms with Crippen molar-refractivity contribution >= 4 is 28.6 Å². The van der Waals surface area contributed by atoms with Gasteiger partial charge in [-0.15, -0.1) is 10.2 Å². The van der Waals surface area contributed by atoms with E-state index >= 15 is 0 Å². The summed E-state index contributed by atoms with van der Waals surface area (Å²) >= 11 is 0. The first-order chi connectivity index (χ1) is 15.2. The Labute approximate surface area is 181 Å². The Kier molecular flexibility index (Phi) is 5.36. The molecule has 2 fully saturated rings. The van der Waals surface area contributed by atoms with Crippen molar-refractivity contribution in [3.8, 4) is 0 Å². The number of aromatic nitrogens is 4. The molecule has 0 saturated carbocycles. The number of piperidine rings is 1. The third-order valence-corrected chi connectivity index (χ3v) is 6.35. The normalized spacial score (nSPS) is 17.9. The monoisotopic (exact) mass is 417 g/mol. The summed E-state index contributed by atoms with van der Waals surface area (Å²) in [6.07, 6.45) is 5.73. The van der Waals surface area contributed by atoms with Crippen LogP contribution in [0.4, 0.5) is 11.6 Å². The number of rotatable bonds is 3. The second kappa shape index (κ2) is 8.45. The smallest absolute Gasteiger partial charge is 0.254 e. The number of nitrogens with zero attached hydrogens (tertiary/aromatic N) is 7. The van der Waals surface area contributed by atoms with E-state index in [0.717, 1.165) is 54.8 Å². The van der Waals surface area contributed by atoms with Gasteiger partial charge >= 0.3 is 0 Å². The maximum atomic E-state index is 13.0. The molecule has 0 spiro atoms. The van der Waals surface area contributed by atoms with Crippen molar-refractivity contribution in [2.45, 2.75) is 19.8 Å². The lowest BCUT2D eigenvalue weighted by molar-refractivity contribution is 0.0746. The van der Waals surface area contributed by atoms with Crippen LogP contribution in [0.1, 0.15) is 30.1 Å². The number of benzene rings is 1. The van der Waals surface area contributed by atoms with Gasteiger partial charge in [-0.05, 0) is 49.1 Å². The van der Waals surface area contributed by atoms with Gasteiger partial charge in [0.2, 0.25) is 0 Å². The van der Waals surface area contributed by atoms with Crippen molar-refractivity contribution in [3.05, 3.63) is 48.3 Å². The molecule has 0 atom stereocenters. The molecule has 160 valence electrons. The van der Waals surface area contributed by atoms with E-state index in [2.05, 4.69) is 49.0 Å². The van der Waals surface area contributed by atoms with Crippen LogP contribution in [-0.4, -0.2) is 70.2 Å². The van der Waals surface area contributed by atoms with Crippen LogP contribution in [0.5, 0.6) is 0 Å². The van der Waals surface area contributed by atoms with Crippen LogP contribution >= 0.6 is 0 Å². The fraction of sp³-hybridized carbons (Fsp3) is 0.435. The van der Waals surface area contributed by atoms with Crippen LogP contribution in [0.3, 0.4) is 0 Å². The SMILES string of the molecule is CC1CCN(c2ccc(N3CCN(C(=O)c4ccc5nccnc5c4)CC3)nn2)CC1. The van der Waals surface area contributed by atoms with Gasteiger partial charge in [-0.1, -0.05) is 6.92 Å². The Hall–Kier alpha value is -3.29. The molecule has 2 aliphatic rings. The Morgan fingerprint density at radius 3 is 2.06 bits per heavy atom. The van der Waals surface area contributed by atoms with E-state index < -0.39 is 0 Å². The molecule has 0 bridgehead atoms. The number of hydrogen-bond donors (Lipinski definition) is 0. The largest absolute Gasteiger partial charge is 0.355 e. The summed E-state index contributed by atoms with van der Waals surface area (Å²) in [6, 6.07) is 9.64. The summed E-state index contributed by atoms with van der Waals surface area (Å²) in [4.78, 5) is 27.9. The third-order valence-electron chi connectivity index (χ3n) is 6.35. The van der Waals surface area contributed by atoms with Crippen LogP contribution in [0.15, 0.2) is 42.7 Å². The van der Waals surface area contributed by atoms with Gasteiger partial charge in [0.1, 0.15) is 0 Å². The molecule has 0 unspecified atom stereocenters.